The molecule has 1 aromatic carbocycles. The average Bonchev–Trinajstić information content (AvgIpc) is 3.04. The molecule has 28 heavy (non-hydrogen) atoms. The quantitative estimate of drug-likeness (QED) is 0.731. The number of aromatic nitrogens is 2. The van der Waals surface area contributed by atoms with Crippen LogP contribution in [0.2, 0.25) is 0 Å². The zero-order chi connectivity index (χ0) is 20.1. The van der Waals surface area contributed by atoms with Gasteiger partial charge in [-0.25, -0.2) is 4.98 Å². The van der Waals surface area contributed by atoms with Gasteiger partial charge in [-0.1, -0.05) is 24.6 Å². The molecule has 1 aliphatic rings. The van der Waals surface area contributed by atoms with E-state index in [1.807, 2.05) is 13.1 Å². The van der Waals surface area contributed by atoms with Crippen LogP contribution in [-0.4, -0.2) is 51.1 Å². The van der Waals surface area contributed by atoms with Crippen molar-refractivity contribution < 1.29 is 5.11 Å². The zero-order valence-corrected chi connectivity index (χ0v) is 18.0. The maximum atomic E-state index is 9.54. The van der Waals surface area contributed by atoms with E-state index in [0.717, 1.165) is 37.1 Å². The summed E-state index contributed by atoms with van der Waals surface area (Å²) >= 11 is 0. The maximum Gasteiger partial charge on any atom is 0.103 e. The number of likely N-dealkylation sites (tertiary alicyclic amines) is 1. The smallest absolute Gasteiger partial charge is 0.103 e. The normalized spacial score (nSPS) is 18.1. The van der Waals surface area contributed by atoms with Crippen molar-refractivity contribution in [1.29, 1.82) is 0 Å². The molecule has 0 radical (unpaired) electrons. The van der Waals surface area contributed by atoms with Gasteiger partial charge in [-0.15, -0.1) is 0 Å². The summed E-state index contributed by atoms with van der Waals surface area (Å²) in [5.74, 6) is 1.74. The number of aryl methyl sites for hydroxylation is 2. The lowest BCUT2D eigenvalue weighted by Crippen LogP contribution is -2.34. The molecule has 1 aromatic heterocycles. The molecule has 1 fully saturated rings. The van der Waals surface area contributed by atoms with Crippen molar-refractivity contribution in [2.45, 2.75) is 60.2 Å². The van der Waals surface area contributed by atoms with Crippen LogP contribution in [0, 0.1) is 26.7 Å². The first kappa shape index (κ1) is 21.0. The summed E-state index contributed by atoms with van der Waals surface area (Å²) in [5.41, 5.74) is 6.63. The van der Waals surface area contributed by atoms with Gasteiger partial charge in [0.2, 0.25) is 0 Å². The van der Waals surface area contributed by atoms with E-state index >= 15 is 0 Å². The zero-order valence-electron chi connectivity index (χ0n) is 18.0. The summed E-state index contributed by atoms with van der Waals surface area (Å²) in [5, 5.41) is 9.54. The minimum atomic E-state index is 0.163. The molecule has 5 nitrogen and oxygen atoms in total. The first-order chi connectivity index (χ1) is 13.4. The SMILES string of the molecule is Cc1cc(CN(CCO)Cc2cnc(C)[nH]2)c(C)c(CN2CCCC(C)C2)c1. The molecule has 154 valence electrons. The Hall–Kier alpha value is -1.69. The highest BCUT2D eigenvalue weighted by Gasteiger charge is 2.18. The molecule has 2 aromatic rings. The number of nitrogens with one attached hydrogen (secondary N) is 1. The second kappa shape index (κ2) is 9.68. The Labute approximate surface area is 169 Å². The molecule has 0 spiro atoms. The maximum absolute atomic E-state index is 9.54. The number of H-pyrrole nitrogens is 1. The number of piperidine rings is 1. The van der Waals surface area contributed by atoms with Crippen molar-refractivity contribution in [3.63, 3.8) is 0 Å². The summed E-state index contributed by atoms with van der Waals surface area (Å²) in [6, 6.07) is 4.66. The Morgan fingerprint density at radius 2 is 2.00 bits per heavy atom. The molecule has 0 amide bonds. The average molecular weight is 385 g/mol. The molecule has 1 atom stereocenters. The Kier molecular flexibility index (Phi) is 7.27. The van der Waals surface area contributed by atoms with Crippen LogP contribution in [0.25, 0.3) is 0 Å². The predicted molar refractivity (Wildman–Crippen MR) is 114 cm³/mol. The largest absolute Gasteiger partial charge is 0.395 e. The van der Waals surface area contributed by atoms with Crippen LogP contribution in [0.3, 0.4) is 0 Å². The number of aliphatic hydroxyl groups excluding tert-OH is 1. The number of imidazole rings is 1. The third-order valence-corrected chi connectivity index (χ3v) is 5.86. The van der Waals surface area contributed by atoms with E-state index in [2.05, 4.69) is 52.7 Å². The molecule has 2 heterocycles. The summed E-state index contributed by atoms with van der Waals surface area (Å²) in [6.07, 6.45) is 4.57. The molecule has 2 N–H and O–H groups in total. The van der Waals surface area contributed by atoms with Gasteiger partial charge in [0.05, 0.1) is 6.61 Å². The van der Waals surface area contributed by atoms with Crippen LogP contribution in [-0.2, 0) is 19.6 Å². The Morgan fingerprint density at radius 1 is 1.21 bits per heavy atom. The van der Waals surface area contributed by atoms with Crippen molar-refractivity contribution in [1.82, 2.24) is 19.8 Å². The Morgan fingerprint density at radius 3 is 2.68 bits per heavy atom. The third kappa shape index (κ3) is 5.66. The van der Waals surface area contributed by atoms with E-state index in [0.29, 0.717) is 6.54 Å². The highest BCUT2D eigenvalue weighted by molar-refractivity contribution is 5.38. The van der Waals surface area contributed by atoms with Crippen LogP contribution < -0.4 is 0 Å². The standard InChI is InChI=1S/C23H36N4O/c1-17-6-5-7-26(13-17)14-21-10-18(2)11-22(19(21)3)15-27(8-9-28)16-23-12-24-20(4)25-23/h10-12,17,28H,5-9,13-16H2,1-4H3,(H,24,25). The van der Waals surface area contributed by atoms with Crippen LogP contribution in [0.1, 0.15) is 53.5 Å². The Balaban J connectivity index is 1.75. The van der Waals surface area contributed by atoms with Gasteiger partial charge in [-0.2, -0.15) is 0 Å². The summed E-state index contributed by atoms with van der Waals surface area (Å²) < 4.78 is 0. The molecule has 0 bridgehead atoms. The van der Waals surface area contributed by atoms with Crippen LogP contribution in [0.4, 0.5) is 0 Å². The first-order valence-electron chi connectivity index (χ1n) is 10.6. The van der Waals surface area contributed by atoms with E-state index in [9.17, 15) is 5.11 Å². The monoisotopic (exact) mass is 384 g/mol. The van der Waals surface area contributed by atoms with Crippen molar-refractivity contribution in [3.05, 3.63) is 52.1 Å². The fourth-order valence-corrected chi connectivity index (χ4v) is 4.40. The van der Waals surface area contributed by atoms with Crippen molar-refractivity contribution in [2.75, 3.05) is 26.2 Å². The molecule has 0 saturated carbocycles. The summed E-state index contributed by atoms with van der Waals surface area (Å²) in [6.45, 7) is 14.7. The number of nitrogens with zero attached hydrogens (tertiary/aromatic N) is 3. The van der Waals surface area contributed by atoms with Gasteiger partial charge in [0.15, 0.2) is 0 Å². The second-order valence-corrected chi connectivity index (χ2v) is 8.62. The van der Waals surface area contributed by atoms with Gasteiger partial charge in [-0.05, 0) is 62.8 Å². The minimum Gasteiger partial charge on any atom is -0.395 e. The molecule has 0 aliphatic carbocycles. The van der Waals surface area contributed by atoms with Crippen molar-refractivity contribution in [2.24, 2.45) is 5.92 Å². The van der Waals surface area contributed by atoms with Crippen LogP contribution >= 0.6 is 0 Å². The summed E-state index contributed by atoms with van der Waals surface area (Å²) in [7, 11) is 0. The molecule has 1 aliphatic heterocycles. The van der Waals surface area contributed by atoms with E-state index < -0.39 is 0 Å². The van der Waals surface area contributed by atoms with Crippen molar-refractivity contribution in [3.8, 4) is 0 Å². The molecular formula is C23H36N4O. The van der Waals surface area contributed by atoms with Gasteiger partial charge in [0.25, 0.3) is 0 Å². The number of aliphatic hydroxyl groups is 1. The van der Waals surface area contributed by atoms with E-state index in [-0.39, 0.29) is 6.61 Å². The molecule has 3 rings (SSSR count). The highest BCUT2D eigenvalue weighted by atomic mass is 16.3. The van der Waals surface area contributed by atoms with Gasteiger partial charge >= 0.3 is 0 Å². The van der Waals surface area contributed by atoms with E-state index in [4.69, 9.17) is 0 Å². The Bertz CT molecular complexity index is 770. The lowest BCUT2D eigenvalue weighted by molar-refractivity contribution is 0.175. The van der Waals surface area contributed by atoms with E-state index in [1.54, 1.807) is 0 Å². The first-order valence-corrected chi connectivity index (χ1v) is 10.6. The fraction of sp³-hybridized carbons (Fsp3) is 0.609. The van der Waals surface area contributed by atoms with Gasteiger partial charge < -0.3 is 10.1 Å². The van der Waals surface area contributed by atoms with Crippen molar-refractivity contribution >= 4 is 0 Å². The lowest BCUT2D eigenvalue weighted by atomic mass is 9.96. The highest BCUT2D eigenvalue weighted by Crippen LogP contribution is 2.23. The number of hydrogen-bond acceptors (Lipinski definition) is 4. The number of benzene rings is 1. The van der Waals surface area contributed by atoms with Crippen LogP contribution in [0.15, 0.2) is 18.3 Å². The van der Waals surface area contributed by atoms with Gasteiger partial charge in [0.1, 0.15) is 5.82 Å². The van der Waals surface area contributed by atoms with Gasteiger partial charge in [-0.3, -0.25) is 9.80 Å². The second-order valence-electron chi connectivity index (χ2n) is 8.62. The molecular weight excluding hydrogens is 348 g/mol. The topological polar surface area (TPSA) is 55.4 Å². The molecule has 1 saturated heterocycles. The third-order valence-electron chi connectivity index (χ3n) is 5.86. The van der Waals surface area contributed by atoms with Gasteiger partial charge in [0, 0.05) is 44.6 Å². The van der Waals surface area contributed by atoms with Crippen LogP contribution in [0.5, 0.6) is 0 Å². The molecule has 1 unspecified atom stereocenters. The molecule has 5 heteroatoms. The minimum absolute atomic E-state index is 0.163. The number of rotatable bonds is 8. The lowest BCUT2D eigenvalue weighted by Gasteiger charge is -2.32. The predicted octanol–water partition coefficient (Wildman–Crippen LogP) is 3.56. The summed E-state index contributed by atoms with van der Waals surface area (Å²) in [4.78, 5) is 12.5. The number of hydrogen-bond donors (Lipinski definition) is 2. The number of aromatic amines is 1. The fourth-order valence-electron chi connectivity index (χ4n) is 4.40. The van der Waals surface area contributed by atoms with E-state index in [1.165, 1.54) is 48.2 Å².